The lowest BCUT2D eigenvalue weighted by Gasteiger charge is -2.24. The summed E-state index contributed by atoms with van der Waals surface area (Å²) in [5.41, 5.74) is 2.89. The maximum atomic E-state index is 14.0. The zero-order chi connectivity index (χ0) is 18.3. The summed E-state index contributed by atoms with van der Waals surface area (Å²) >= 11 is 0. The molecule has 0 spiro atoms. The maximum absolute atomic E-state index is 14.0. The number of anilines is 1. The fourth-order valence-electron chi connectivity index (χ4n) is 2.16. The number of halogens is 2. The molecule has 1 saturated heterocycles. The van der Waals surface area contributed by atoms with Crippen LogP contribution >= 0.6 is 0 Å². The monoisotopic (exact) mass is 348 g/mol. The number of rotatable bonds is 5. The van der Waals surface area contributed by atoms with Crippen molar-refractivity contribution >= 4 is 11.7 Å². The molecule has 9 nitrogen and oxygen atoms in total. The van der Waals surface area contributed by atoms with Crippen molar-refractivity contribution in [3.63, 3.8) is 0 Å². The van der Waals surface area contributed by atoms with Crippen molar-refractivity contribution in [3.8, 4) is 0 Å². The molecular formula is C13H18F2N4O5. The maximum Gasteiger partial charge on any atom is 0.351 e. The summed E-state index contributed by atoms with van der Waals surface area (Å²) in [5, 5.41) is 21.0. The number of amides is 1. The van der Waals surface area contributed by atoms with Crippen molar-refractivity contribution in [2.75, 3.05) is 11.9 Å². The minimum absolute atomic E-state index is 0.0411. The van der Waals surface area contributed by atoms with Crippen LogP contribution in [0.1, 0.15) is 20.1 Å². The smallest absolute Gasteiger partial charge is 0.351 e. The van der Waals surface area contributed by atoms with E-state index in [1.54, 1.807) is 0 Å². The number of primary amides is 1. The molecule has 0 saturated carbocycles. The first-order valence-electron chi connectivity index (χ1n) is 7.00. The van der Waals surface area contributed by atoms with Gasteiger partial charge in [-0.15, -0.1) is 0 Å². The molecule has 1 fully saturated rings. The topological polar surface area (TPSA) is 140 Å². The van der Waals surface area contributed by atoms with Gasteiger partial charge in [0.1, 0.15) is 17.5 Å². The van der Waals surface area contributed by atoms with E-state index in [2.05, 4.69) is 10.3 Å². The van der Waals surface area contributed by atoms with Crippen LogP contribution in [0, 0.1) is 0 Å². The Labute approximate surface area is 135 Å². The zero-order valence-electron chi connectivity index (χ0n) is 12.9. The predicted octanol–water partition coefficient (Wildman–Crippen LogP) is -1.19. The Morgan fingerprint density at radius 3 is 2.67 bits per heavy atom. The second-order valence-corrected chi connectivity index (χ2v) is 5.95. The lowest BCUT2D eigenvalue weighted by molar-refractivity contribution is -0.140. The van der Waals surface area contributed by atoms with Crippen molar-refractivity contribution in [3.05, 3.63) is 22.7 Å². The number of alkyl halides is 2. The summed E-state index contributed by atoms with van der Waals surface area (Å²) in [6, 6.07) is 1.18. The molecule has 2 heterocycles. The largest absolute Gasteiger partial charge is 0.394 e. The highest BCUT2D eigenvalue weighted by Gasteiger charge is 2.59. The van der Waals surface area contributed by atoms with Gasteiger partial charge in [-0.25, -0.2) is 4.79 Å². The third-order valence-electron chi connectivity index (χ3n) is 3.70. The number of hydrogen-bond acceptors (Lipinski definition) is 7. The zero-order valence-corrected chi connectivity index (χ0v) is 12.9. The van der Waals surface area contributed by atoms with Gasteiger partial charge in [-0.1, -0.05) is 0 Å². The number of carbonyl (C=O) groups excluding carboxylic acids is 1. The second kappa shape index (κ2) is 6.07. The minimum atomic E-state index is -3.79. The molecule has 0 unspecified atom stereocenters. The van der Waals surface area contributed by atoms with Crippen molar-refractivity contribution in [1.82, 2.24) is 9.55 Å². The number of nitrogens with zero attached hydrogens (tertiary/aromatic N) is 2. The van der Waals surface area contributed by atoms with Crippen molar-refractivity contribution in [2.45, 2.75) is 43.7 Å². The highest BCUT2D eigenvalue weighted by atomic mass is 19.3. The number of aliphatic hydroxyl groups excluding tert-OH is 2. The Morgan fingerprint density at radius 2 is 2.21 bits per heavy atom. The van der Waals surface area contributed by atoms with E-state index in [-0.39, 0.29) is 5.82 Å². The fourth-order valence-corrected chi connectivity index (χ4v) is 2.16. The molecule has 0 aromatic carbocycles. The third kappa shape index (κ3) is 3.09. The van der Waals surface area contributed by atoms with E-state index < -0.39 is 48.1 Å². The number of hydrogen-bond donors (Lipinski definition) is 4. The second-order valence-electron chi connectivity index (χ2n) is 5.95. The van der Waals surface area contributed by atoms with E-state index in [9.17, 15) is 23.5 Å². The molecule has 1 aromatic heterocycles. The van der Waals surface area contributed by atoms with E-state index in [0.29, 0.717) is 4.57 Å². The van der Waals surface area contributed by atoms with Crippen LogP contribution in [0.5, 0.6) is 0 Å². The summed E-state index contributed by atoms with van der Waals surface area (Å²) in [4.78, 5) is 26.8. The van der Waals surface area contributed by atoms with Gasteiger partial charge in [0.2, 0.25) is 12.1 Å². The molecule has 0 radical (unpaired) electrons. The Bertz CT molecular complexity index is 693. The first-order chi connectivity index (χ1) is 11.0. The summed E-state index contributed by atoms with van der Waals surface area (Å²) in [6.07, 6.45) is -4.91. The van der Waals surface area contributed by atoms with Crippen LogP contribution in [0.15, 0.2) is 17.1 Å². The van der Waals surface area contributed by atoms with Gasteiger partial charge < -0.3 is 26.0 Å². The van der Waals surface area contributed by atoms with Gasteiger partial charge in [0, 0.05) is 6.20 Å². The molecule has 2 rings (SSSR count). The lowest BCUT2D eigenvalue weighted by atomic mass is 10.1. The van der Waals surface area contributed by atoms with E-state index in [1.165, 1.54) is 19.9 Å². The van der Waals surface area contributed by atoms with Gasteiger partial charge in [0.05, 0.1) is 6.61 Å². The predicted molar refractivity (Wildman–Crippen MR) is 77.3 cm³/mol. The lowest BCUT2D eigenvalue weighted by Crippen LogP contribution is -2.46. The summed E-state index contributed by atoms with van der Waals surface area (Å²) in [6.45, 7) is 2.08. The van der Waals surface area contributed by atoms with Crippen LogP contribution < -0.4 is 16.7 Å². The van der Waals surface area contributed by atoms with Crippen molar-refractivity contribution in [1.29, 1.82) is 0 Å². The molecule has 1 amide bonds. The van der Waals surface area contributed by atoms with Crippen LogP contribution in [-0.2, 0) is 9.53 Å². The Morgan fingerprint density at radius 1 is 1.58 bits per heavy atom. The first-order valence-corrected chi connectivity index (χ1v) is 7.00. The summed E-state index contributed by atoms with van der Waals surface area (Å²) in [5.74, 6) is -4.53. The highest BCUT2D eigenvalue weighted by Crippen LogP contribution is 2.41. The number of carbonyl (C=O) groups is 1. The van der Waals surface area contributed by atoms with Crippen LogP contribution in [0.4, 0.5) is 14.6 Å². The normalized spacial score (nSPS) is 26.3. The van der Waals surface area contributed by atoms with Gasteiger partial charge in [-0.2, -0.15) is 13.8 Å². The number of aromatic nitrogens is 2. The average Bonchev–Trinajstić information content (AvgIpc) is 2.70. The molecule has 1 aliphatic heterocycles. The molecule has 3 atom stereocenters. The Hall–Kier alpha value is -2.11. The molecule has 0 aliphatic carbocycles. The van der Waals surface area contributed by atoms with Crippen LogP contribution in [0.25, 0.3) is 0 Å². The standard InChI is InChI=1S/C13H18F2N4O5/c1-12(2,9(16)22)18-7-3-4-19(11(23)17-7)10-13(14,15)8(21)6(5-20)24-10/h3-4,6,8,10,20-21H,5H2,1-2H3,(H2,16,22)(H,17,18,23)/t6-,8-,10-/m1/s1. The van der Waals surface area contributed by atoms with Crippen molar-refractivity contribution in [2.24, 2.45) is 5.73 Å². The van der Waals surface area contributed by atoms with Gasteiger partial charge in [0.25, 0.3) is 0 Å². The molecular weight excluding hydrogens is 330 g/mol. The van der Waals surface area contributed by atoms with Gasteiger partial charge in [-0.3, -0.25) is 9.36 Å². The molecule has 5 N–H and O–H groups in total. The molecule has 1 aliphatic rings. The van der Waals surface area contributed by atoms with Gasteiger partial charge >= 0.3 is 11.6 Å². The molecule has 24 heavy (non-hydrogen) atoms. The third-order valence-corrected chi connectivity index (χ3v) is 3.70. The molecule has 11 heteroatoms. The number of ether oxygens (including phenoxy) is 1. The molecule has 1 aromatic rings. The summed E-state index contributed by atoms with van der Waals surface area (Å²) in [7, 11) is 0. The van der Waals surface area contributed by atoms with Crippen LogP contribution in [0.3, 0.4) is 0 Å². The van der Waals surface area contributed by atoms with E-state index in [0.717, 1.165) is 6.20 Å². The van der Waals surface area contributed by atoms with Crippen LogP contribution in [0.2, 0.25) is 0 Å². The van der Waals surface area contributed by atoms with E-state index in [1.807, 2.05) is 0 Å². The number of aliphatic hydroxyl groups is 2. The first kappa shape index (κ1) is 18.2. The molecule has 0 bridgehead atoms. The van der Waals surface area contributed by atoms with E-state index >= 15 is 0 Å². The Kier molecular flexibility index (Phi) is 4.61. The van der Waals surface area contributed by atoms with E-state index in [4.69, 9.17) is 15.6 Å². The SMILES string of the molecule is CC(C)(Nc1ccn([C@@H]2O[C@H](CO)[C@@H](O)C2(F)F)c(=O)n1)C(N)=O. The van der Waals surface area contributed by atoms with Crippen molar-refractivity contribution < 1.29 is 28.5 Å². The molecule has 134 valence electrons. The summed E-state index contributed by atoms with van der Waals surface area (Å²) < 4.78 is 33.4. The van der Waals surface area contributed by atoms with Gasteiger partial charge in [-0.05, 0) is 19.9 Å². The minimum Gasteiger partial charge on any atom is -0.394 e. The number of nitrogens with two attached hydrogens (primary N) is 1. The Balaban J connectivity index is 2.31. The number of nitrogens with one attached hydrogen (secondary N) is 1. The van der Waals surface area contributed by atoms with Crippen LogP contribution in [-0.4, -0.2) is 55.9 Å². The highest BCUT2D eigenvalue weighted by molar-refractivity contribution is 5.86. The quantitative estimate of drug-likeness (QED) is 0.524. The fraction of sp³-hybridized carbons (Fsp3) is 0.615. The average molecular weight is 348 g/mol. The van der Waals surface area contributed by atoms with Gasteiger partial charge in [0.15, 0.2) is 6.10 Å².